The van der Waals surface area contributed by atoms with Gasteiger partial charge in [-0.3, -0.25) is 9.89 Å². The van der Waals surface area contributed by atoms with Gasteiger partial charge >= 0.3 is 0 Å². The summed E-state index contributed by atoms with van der Waals surface area (Å²) in [5.74, 6) is -0.198. The highest BCUT2D eigenvalue weighted by atomic mass is 16.2. The molecule has 1 aromatic heterocycles. The molecule has 0 aliphatic rings. The summed E-state index contributed by atoms with van der Waals surface area (Å²) in [7, 11) is 0. The molecular formula is C10H18N4O. The van der Waals surface area contributed by atoms with Crippen LogP contribution >= 0.6 is 0 Å². The molecule has 0 bridgehead atoms. The Morgan fingerprint density at radius 2 is 2.20 bits per heavy atom. The molecule has 0 saturated heterocycles. The molecule has 0 aliphatic heterocycles. The van der Waals surface area contributed by atoms with Gasteiger partial charge in [0.25, 0.3) is 5.91 Å². The maximum absolute atomic E-state index is 11.8. The van der Waals surface area contributed by atoms with Crippen LogP contribution in [-0.2, 0) is 0 Å². The molecule has 5 heteroatoms. The number of anilines is 1. The van der Waals surface area contributed by atoms with Gasteiger partial charge < -0.3 is 11.1 Å². The average molecular weight is 210 g/mol. The van der Waals surface area contributed by atoms with Gasteiger partial charge in [0.2, 0.25) is 0 Å². The number of hydrogen-bond acceptors (Lipinski definition) is 3. The number of nitrogens with one attached hydrogen (secondary N) is 2. The van der Waals surface area contributed by atoms with Crippen molar-refractivity contribution in [2.45, 2.75) is 39.2 Å². The second kappa shape index (κ2) is 4.33. The molecule has 0 saturated carbocycles. The fraction of sp³-hybridized carbons (Fsp3) is 0.600. The standard InChI is InChI=1S/C10H18N4O/c1-4-10(3,5-2)13-9(15)8-7(11)6-12-14-8/h6H,4-5,11H2,1-3H3,(H,12,14)(H,13,15). The van der Waals surface area contributed by atoms with E-state index in [1.165, 1.54) is 6.20 Å². The Morgan fingerprint density at radius 1 is 1.60 bits per heavy atom. The maximum atomic E-state index is 11.8. The molecule has 0 aromatic carbocycles. The van der Waals surface area contributed by atoms with Crippen LogP contribution < -0.4 is 11.1 Å². The zero-order valence-electron chi connectivity index (χ0n) is 9.42. The Balaban J connectivity index is 2.76. The van der Waals surface area contributed by atoms with Crippen LogP contribution in [-0.4, -0.2) is 21.6 Å². The lowest BCUT2D eigenvalue weighted by atomic mass is 9.95. The van der Waals surface area contributed by atoms with Crippen LogP contribution in [0, 0.1) is 0 Å². The predicted octanol–water partition coefficient (Wildman–Crippen LogP) is 1.30. The van der Waals surface area contributed by atoms with Crippen LogP contribution in [0.1, 0.15) is 44.1 Å². The third-order valence-corrected chi connectivity index (χ3v) is 2.87. The van der Waals surface area contributed by atoms with E-state index >= 15 is 0 Å². The van der Waals surface area contributed by atoms with Gasteiger partial charge in [-0.05, 0) is 19.8 Å². The zero-order valence-corrected chi connectivity index (χ0v) is 9.42. The highest BCUT2D eigenvalue weighted by molar-refractivity contribution is 5.97. The van der Waals surface area contributed by atoms with E-state index in [9.17, 15) is 4.79 Å². The summed E-state index contributed by atoms with van der Waals surface area (Å²) >= 11 is 0. The first-order valence-corrected chi connectivity index (χ1v) is 5.13. The topological polar surface area (TPSA) is 83.8 Å². The van der Waals surface area contributed by atoms with Crippen molar-refractivity contribution in [2.75, 3.05) is 5.73 Å². The number of nitrogens with two attached hydrogens (primary N) is 1. The third-order valence-electron chi connectivity index (χ3n) is 2.87. The first-order valence-electron chi connectivity index (χ1n) is 5.13. The number of nitrogens with zero attached hydrogens (tertiary/aromatic N) is 1. The van der Waals surface area contributed by atoms with Gasteiger partial charge in [0.1, 0.15) is 5.69 Å². The van der Waals surface area contributed by atoms with Crippen LogP contribution in [0.5, 0.6) is 0 Å². The summed E-state index contributed by atoms with van der Waals surface area (Å²) in [6.45, 7) is 6.09. The van der Waals surface area contributed by atoms with E-state index in [1.807, 2.05) is 20.8 Å². The van der Waals surface area contributed by atoms with Gasteiger partial charge in [-0.2, -0.15) is 5.10 Å². The zero-order chi connectivity index (χ0) is 11.5. The number of amides is 1. The van der Waals surface area contributed by atoms with E-state index in [0.717, 1.165) is 12.8 Å². The van der Waals surface area contributed by atoms with E-state index in [-0.39, 0.29) is 11.4 Å². The van der Waals surface area contributed by atoms with Gasteiger partial charge in [-0.15, -0.1) is 0 Å². The molecule has 1 amide bonds. The Morgan fingerprint density at radius 3 is 2.60 bits per heavy atom. The molecular weight excluding hydrogens is 192 g/mol. The maximum Gasteiger partial charge on any atom is 0.271 e. The van der Waals surface area contributed by atoms with Crippen molar-refractivity contribution >= 4 is 11.6 Å². The van der Waals surface area contributed by atoms with E-state index in [4.69, 9.17) is 5.73 Å². The highest BCUT2D eigenvalue weighted by Gasteiger charge is 2.24. The lowest BCUT2D eigenvalue weighted by Gasteiger charge is -2.27. The van der Waals surface area contributed by atoms with Gasteiger partial charge in [0, 0.05) is 5.54 Å². The van der Waals surface area contributed by atoms with Crippen molar-refractivity contribution < 1.29 is 4.79 Å². The minimum absolute atomic E-state index is 0.186. The largest absolute Gasteiger partial charge is 0.396 e. The van der Waals surface area contributed by atoms with E-state index in [2.05, 4.69) is 15.5 Å². The summed E-state index contributed by atoms with van der Waals surface area (Å²) in [6, 6.07) is 0. The Bertz CT molecular complexity index is 341. The van der Waals surface area contributed by atoms with Crippen LogP contribution in [0.25, 0.3) is 0 Å². The second-order valence-corrected chi connectivity index (χ2v) is 3.92. The lowest BCUT2D eigenvalue weighted by molar-refractivity contribution is 0.0897. The summed E-state index contributed by atoms with van der Waals surface area (Å²) in [4.78, 5) is 11.8. The van der Waals surface area contributed by atoms with E-state index in [1.54, 1.807) is 0 Å². The lowest BCUT2D eigenvalue weighted by Crippen LogP contribution is -2.45. The minimum Gasteiger partial charge on any atom is -0.396 e. The van der Waals surface area contributed by atoms with Crippen LogP contribution in [0.15, 0.2) is 6.20 Å². The summed E-state index contributed by atoms with van der Waals surface area (Å²) in [6.07, 6.45) is 3.19. The number of nitrogen functional groups attached to an aromatic ring is 1. The van der Waals surface area contributed by atoms with E-state index < -0.39 is 0 Å². The summed E-state index contributed by atoms with van der Waals surface area (Å²) in [5, 5.41) is 9.25. The molecule has 1 rings (SSSR count). The van der Waals surface area contributed by atoms with Crippen molar-refractivity contribution in [3.8, 4) is 0 Å². The highest BCUT2D eigenvalue weighted by Crippen LogP contribution is 2.15. The van der Waals surface area contributed by atoms with Crippen molar-refractivity contribution in [3.63, 3.8) is 0 Å². The number of rotatable bonds is 4. The number of aromatic amines is 1. The fourth-order valence-electron chi connectivity index (χ4n) is 1.24. The van der Waals surface area contributed by atoms with Crippen molar-refractivity contribution in [3.05, 3.63) is 11.9 Å². The molecule has 0 aliphatic carbocycles. The number of aromatic nitrogens is 2. The van der Waals surface area contributed by atoms with Crippen LogP contribution in [0.3, 0.4) is 0 Å². The molecule has 5 nitrogen and oxygen atoms in total. The quantitative estimate of drug-likeness (QED) is 0.700. The van der Waals surface area contributed by atoms with Crippen molar-refractivity contribution in [2.24, 2.45) is 0 Å². The van der Waals surface area contributed by atoms with Crippen LogP contribution in [0.4, 0.5) is 5.69 Å². The monoisotopic (exact) mass is 210 g/mol. The molecule has 0 atom stereocenters. The normalized spacial score (nSPS) is 11.4. The molecule has 15 heavy (non-hydrogen) atoms. The Kier molecular flexibility index (Phi) is 3.34. The van der Waals surface area contributed by atoms with Gasteiger partial charge in [-0.1, -0.05) is 13.8 Å². The first-order chi connectivity index (χ1) is 7.02. The predicted molar refractivity (Wildman–Crippen MR) is 59.5 cm³/mol. The SMILES string of the molecule is CCC(C)(CC)NC(=O)c1[nH]ncc1N. The Hall–Kier alpha value is -1.52. The molecule has 0 unspecified atom stereocenters. The fourth-order valence-corrected chi connectivity index (χ4v) is 1.24. The average Bonchev–Trinajstić information content (AvgIpc) is 2.64. The molecule has 4 N–H and O–H groups in total. The van der Waals surface area contributed by atoms with Crippen molar-refractivity contribution in [1.29, 1.82) is 0 Å². The third kappa shape index (κ3) is 2.49. The van der Waals surface area contributed by atoms with Crippen molar-refractivity contribution in [1.82, 2.24) is 15.5 Å². The molecule has 0 spiro atoms. The molecule has 84 valence electrons. The number of hydrogen-bond donors (Lipinski definition) is 3. The van der Waals surface area contributed by atoms with Crippen LogP contribution in [0.2, 0.25) is 0 Å². The van der Waals surface area contributed by atoms with Gasteiger partial charge in [0.05, 0.1) is 11.9 Å². The minimum atomic E-state index is -0.198. The summed E-state index contributed by atoms with van der Waals surface area (Å²) < 4.78 is 0. The molecule has 0 fully saturated rings. The first kappa shape index (κ1) is 11.6. The second-order valence-electron chi connectivity index (χ2n) is 3.92. The molecule has 0 radical (unpaired) electrons. The number of H-pyrrole nitrogens is 1. The molecule has 1 heterocycles. The summed E-state index contributed by atoms with van der Waals surface area (Å²) in [5.41, 5.74) is 6.12. The number of carbonyl (C=O) groups excluding carboxylic acids is 1. The van der Waals surface area contributed by atoms with Gasteiger partial charge in [0.15, 0.2) is 0 Å². The number of carbonyl (C=O) groups is 1. The van der Waals surface area contributed by atoms with E-state index in [0.29, 0.717) is 11.4 Å². The van der Waals surface area contributed by atoms with Gasteiger partial charge in [-0.25, -0.2) is 0 Å². The molecule has 1 aromatic rings. The Labute approximate surface area is 89.4 Å². The smallest absolute Gasteiger partial charge is 0.271 e.